The van der Waals surface area contributed by atoms with E-state index < -0.39 is 17.2 Å². The molecule has 1 amide bonds. The van der Waals surface area contributed by atoms with Crippen LogP contribution in [0.25, 0.3) is 0 Å². The van der Waals surface area contributed by atoms with E-state index in [9.17, 15) is 14.4 Å². The third-order valence-electron chi connectivity index (χ3n) is 4.00. The number of hydrogen-bond acceptors (Lipinski definition) is 7. The predicted octanol–water partition coefficient (Wildman–Crippen LogP) is 1.04. The Bertz CT molecular complexity index is 968. The summed E-state index contributed by atoms with van der Waals surface area (Å²) in [5, 5.41) is 0. The Morgan fingerprint density at radius 2 is 1.45 bits per heavy atom. The van der Waals surface area contributed by atoms with E-state index in [0.717, 1.165) is 4.57 Å². The first-order valence-corrected chi connectivity index (χ1v) is 9.23. The van der Waals surface area contributed by atoms with Crippen LogP contribution in [0.1, 0.15) is 31.1 Å². The number of carbonyl (C=O) groups excluding carboxylic acids is 1. The number of hydrogen-bond donors (Lipinski definition) is 2. The van der Waals surface area contributed by atoms with Crippen molar-refractivity contribution < 1.29 is 19.0 Å². The van der Waals surface area contributed by atoms with Crippen LogP contribution in [0.2, 0.25) is 0 Å². The Labute approximate surface area is 168 Å². The van der Waals surface area contributed by atoms with Crippen LogP contribution in [0.5, 0.6) is 17.2 Å². The number of ether oxygens (including phenoxy) is 3. The molecule has 158 valence electrons. The van der Waals surface area contributed by atoms with Gasteiger partial charge in [0.2, 0.25) is 5.75 Å². The molecule has 10 heteroatoms. The fraction of sp³-hybridized carbons (Fsp3) is 0.421. The topological polar surface area (TPSA) is 113 Å². The number of nitrogens with zero attached hydrogens (tertiary/aromatic N) is 2. The molecule has 1 aromatic heterocycles. The van der Waals surface area contributed by atoms with Crippen molar-refractivity contribution in [2.24, 2.45) is 14.1 Å². The summed E-state index contributed by atoms with van der Waals surface area (Å²) in [6.45, 7) is 6.64. The minimum Gasteiger partial charge on any atom is -0.490 e. The molecular formula is C19H26N4O6. The van der Waals surface area contributed by atoms with Gasteiger partial charge in [0.1, 0.15) is 5.82 Å². The lowest BCUT2D eigenvalue weighted by atomic mass is 10.1. The molecule has 2 rings (SSSR count). The van der Waals surface area contributed by atoms with Crippen LogP contribution in [0.15, 0.2) is 27.8 Å². The van der Waals surface area contributed by atoms with Gasteiger partial charge >= 0.3 is 5.69 Å². The zero-order valence-corrected chi connectivity index (χ0v) is 17.2. The minimum atomic E-state index is -0.521. The SMILES string of the molecule is CCOc1cc(C(=O)NNc2cc(=O)n(C)c(=O)n2C)cc(OCC)c1OCC. The lowest BCUT2D eigenvalue weighted by molar-refractivity contribution is 0.0961. The summed E-state index contributed by atoms with van der Waals surface area (Å²) in [6.07, 6.45) is 0. The molecule has 0 atom stereocenters. The average Bonchev–Trinajstić information content (AvgIpc) is 2.70. The first kappa shape index (κ1) is 21.9. The van der Waals surface area contributed by atoms with Gasteiger partial charge in [-0.1, -0.05) is 0 Å². The van der Waals surface area contributed by atoms with Crippen molar-refractivity contribution in [3.05, 3.63) is 44.6 Å². The molecule has 10 nitrogen and oxygen atoms in total. The summed E-state index contributed by atoms with van der Waals surface area (Å²) in [6, 6.07) is 4.28. The van der Waals surface area contributed by atoms with Gasteiger partial charge in [-0.15, -0.1) is 0 Å². The zero-order chi connectivity index (χ0) is 21.6. The molecular weight excluding hydrogens is 380 g/mol. The average molecular weight is 406 g/mol. The van der Waals surface area contributed by atoms with Crippen molar-refractivity contribution >= 4 is 11.7 Å². The van der Waals surface area contributed by atoms with Crippen molar-refractivity contribution in [1.29, 1.82) is 0 Å². The number of rotatable bonds is 9. The van der Waals surface area contributed by atoms with Crippen LogP contribution in [-0.4, -0.2) is 34.9 Å². The third kappa shape index (κ3) is 4.89. The number of benzene rings is 1. The maximum atomic E-state index is 12.7. The Hall–Kier alpha value is -3.43. The quantitative estimate of drug-likeness (QED) is 0.598. The molecule has 0 saturated heterocycles. The van der Waals surface area contributed by atoms with Crippen LogP contribution in [0.3, 0.4) is 0 Å². The van der Waals surface area contributed by atoms with Gasteiger partial charge in [0.05, 0.1) is 19.8 Å². The Balaban J connectivity index is 2.33. The summed E-state index contributed by atoms with van der Waals surface area (Å²) < 4.78 is 19.0. The van der Waals surface area contributed by atoms with Crippen LogP contribution in [-0.2, 0) is 14.1 Å². The molecule has 0 saturated carbocycles. The zero-order valence-electron chi connectivity index (χ0n) is 17.2. The monoisotopic (exact) mass is 406 g/mol. The predicted molar refractivity (Wildman–Crippen MR) is 108 cm³/mol. The van der Waals surface area contributed by atoms with Crippen molar-refractivity contribution in [3.8, 4) is 17.2 Å². The van der Waals surface area contributed by atoms with E-state index in [-0.39, 0.29) is 11.4 Å². The molecule has 0 fully saturated rings. The van der Waals surface area contributed by atoms with Crippen molar-refractivity contribution in [2.75, 3.05) is 25.2 Å². The lowest BCUT2D eigenvalue weighted by Gasteiger charge is -2.17. The molecule has 0 spiro atoms. The highest BCUT2D eigenvalue weighted by Gasteiger charge is 2.18. The van der Waals surface area contributed by atoms with Crippen molar-refractivity contribution in [3.63, 3.8) is 0 Å². The molecule has 0 aliphatic rings. The van der Waals surface area contributed by atoms with Gasteiger partial charge in [0, 0.05) is 25.7 Å². The fourth-order valence-electron chi connectivity index (χ4n) is 2.57. The summed E-state index contributed by atoms with van der Waals surface area (Å²) in [5.41, 5.74) is 4.31. The summed E-state index contributed by atoms with van der Waals surface area (Å²) in [5.74, 6) is 0.822. The van der Waals surface area contributed by atoms with Gasteiger partial charge in [0.25, 0.3) is 11.5 Å². The molecule has 0 bridgehead atoms. The van der Waals surface area contributed by atoms with Crippen LogP contribution >= 0.6 is 0 Å². The number of aromatic nitrogens is 2. The minimum absolute atomic E-state index is 0.146. The third-order valence-corrected chi connectivity index (χ3v) is 4.00. The second-order valence-corrected chi connectivity index (χ2v) is 5.95. The van der Waals surface area contributed by atoms with E-state index in [2.05, 4.69) is 10.9 Å². The first-order valence-electron chi connectivity index (χ1n) is 9.23. The van der Waals surface area contributed by atoms with Gasteiger partial charge in [-0.05, 0) is 32.9 Å². The number of hydrazine groups is 1. The summed E-state index contributed by atoms with van der Waals surface area (Å²) in [7, 11) is 2.85. The molecule has 2 aromatic rings. The van der Waals surface area contributed by atoms with Gasteiger partial charge in [-0.2, -0.15) is 0 Å². The maximum absolute atomic E-state index is 12.7. The fourth-order valence-corrected chi connectivity index (χ4v) is 2.57. The van der Waals surface area contributed by atoms with Crippen molar-refractivity contribution in [1.82, 2.24) is 14.6 Å². The van der Waals surface area contributed by atoms with E-state index in [4.69, 9.17) is 14.2 Å². The Kier molecular flexibility index (Phi) is 7.29. The molecule has 29 heavy (non-hydrogen) atoms. The van der Waals surface area contributed by atoms with Crippen molar-refractivity contribution in [2.45, 2.75) is 20.8 Å². The highest BCUT2D eigenvalue weighted by Crippen LogP contribution is 2.39. The lowest BCUT2D eigenvalue weighted by Crippen LogP contribution is -2.40. The largest absolute Gasteiger partial charge is 0.490 e. The van der Waals surface area contributed by atoms with Crippen LogP contribution in [0.4, 0.5) is 5.82 Å². The summed E-state index contributed by atoms with van der Waals surface area (Å²) >= 11 is 0. The Morgan fingerprint density at radius 3 is 1.97 bits per heavy atom. The molecule has 1 aromatic carbocycles. The van der Waals surface area contributed by atoms with Gasteiger partial charge in [-0.3, -0.25) is 29.6 Å². The molecule has 0 aliphatic heterocycles. The second-order valence-electron chi connectivity index (χ2n) is 5.95. The molecule has 1 heterocycles. The molecule has 0 radical (unpaired) electrons. The van der Waals surface area contributed by atoms with Crippen LogP contribution < -0.4 is 36.3 Å². The number of amides is 1. The van der Waals surface area contributed by atoms with E-state index in [1.165, 1.54) is 36.9 Å². The number of carbonyl (C=O) groups is 1. The van der Waals surface area contributed by atoms with E-state index in [1.807, 2.05) is 20.8 Å². The van der Waals surface area contributed by atoms with E-state index in [0.29, 0.717) is 37.1 Å². The number of anilines is 1. The summed E-state index contributed by atoms with van der Waals surface area (Å²) in [4.78, 5) is 36.4. The van der Waals surface area contributed by atoms with E-state index in [1.54, 1.807) is 0 Å². The van der Waals surface area contributed by atoms with Gasteiger partial charge in [-0.25, -0.2) is 4.79 Å². The first-order chi connectivity index (χ1) is 13.8. The number of nitrogens with one attached hydrogen (secondary N) is 2. The second kappa shape index (κ2) is 9.67. The van der Waals surface area contributed by atoms with Gasteiger partial charge in [0.15, 0.2) is 11.5 Å². The Morgan fingerprint density at radius 1 is 0.897 bits per heavy atom. The highest BCUT2D eigenvalue weighted by molar-refractivity contribution is 5.96. The normalized spacial score (nSPS) is 10.4. The standard InChI is InChI=1S/C19H26N4O6/c1-6-27-13-9-12(10-14(28-7-2)17(13)29-8-3)18(25)21-20-15-11-16(24)23(5)19(26)22(15)4/h9-11,20H,6-8H2,1-5H3,(H,21,25). The van der Waals surface area contributed by atoms with E-state index >= 15 is 0 Å². The molecule has 2 N–H and O–H groups in total. The van der Waals surface area contributed by atoms with Gasteiger partial charge < -0.3 is 14.2 Å². The molecule has 0 unspecified atom stereocenters. The maximum Gasteiger partial charge on any atom is 0.332 e. The van der Waals surface area contributed by atoms with Crippen LogP contribution in [0, 0.1) is 0 Å². The molecule has 0 aliphatic carbocycles. The smallest absolute Gasteiger partial charge is 0.332 e. The highest BCUT2D eigenvalue weighted by atomic mass is 16.5.